The van der Waals surface area contributed by atoms with E-state index in [1.807, 2.05) is 6.92 Å². The molecule has 0 spiro atoms. The molecule has 0 radical (unpaired) electrons. The average molecular weight is 314 g/mol. The summed E-state index contributed by atoms with van der Waals surface area (Å²) in [6, 6.07) is 1.80. The lowest BCUT2D eigenvalue weighted by molar-refractivity contribution is 0.0760. The number of aryl methyl sites for hydroxylation is 3. The van der Waals surface area contributed by atoms with Crippen LogP contribution in [0.15, 0.2) is 21.6 Å². The van der Waals surface area contributed by atoms with Crippen molar-refractivity contribution in [3.63, 3.8) is 0 Å². The van der Waals surface area contributed by atoms with E-state index < -0.39 is 0 Å². The van der Waals surface area contributed by atoms with E-state index in [1.165, 1.54) is 12.8 Å². The Morgan fingerprint density at radius 1 is 1.30 bits per heavy atom. The van der Waals surface area contributed by atoms with Crippen LogP contribution in [0.4, 0.5) is 0 Å². The maximum Gasteiger partial charge on any atom is 0.267 e. The summed E-state index contributed by atoms with van der Waals surface area (Å²) < 4.78 is 6.77. The summed E-state index contributed by atoms with van der Waals surface area (Å²) in [4.78, 5) is 14.6. The highest BCUT2D eigenvalue weighted by atomic mass is 16.5. The maximum atomic E-state index is 12.2. The smallest absolute Gasteiger partial charge is 0.267 e. The summed E-state index contributed by atoms with van der Waals surface area (Å²) >= 11 is 0. The van der Waals surface area contributed by atoms with Gasteiger partial charge in [0.2, 0.25) is 0 Å². The molecule has 6 nitrogen and oxygen atoms in total. The van der Waals surface area contributed by atoms with Crippen molar-refractivity contribution in [1.29, 1.82) is 0 Å². The Bertz CT molecular complexity index is 758. The van der Waals surface area contributed by atoms with Gasteiger partial charge in [0.05, 0.1) is 18.4 Å². The Labute approximate surface area is 135 Å². The van der Waals surface area contributed by atoms with Gasteiger partial charge in [-0.15, -0.1) is 0 Å². The minimum Gasteiger partial charge on any atom is -0.361 e. The molecule has 2 aromatic rings. The van der Waals surface area contributed by atoms with Crippen LogP contribution in [0.2, 0.25) is 0 Å². The number of likely N-dealkylation sites (tertiary alicyclic amines) is 1. The monoisotopic (exact) mass is 314 g/mol. The van der Waals surface area contributed by atoms with Crippen molar-refractivity contribution in [3.05, 3.63) is 45.2 Å². The van der Waals surface area contributed by atoms with Crippen LogP contribution in [-0.4, -0.2) is 32.9 Å². The zero-order chi connectivity index (χ0) is 15.8. The average Bonchev–Trinajstić information content (AvgIpc) is 2.90. The van der Waals surface area contributed by atoms with E-state index >= 15 is 0 Å². The van der Waals surface area contributed by atoms with E-state index in [4.69, 9.17) is 4.52 Å². The normalized spacial score (nSPS) is 18.7. The van der Waals surface area contributed by atoms with E-state index in [-0.39, 0.29) is 5.56 Å². The van der Waals surface area contributed by atoms with Crippen LogP contribution in [0.3, 0.4) is 0 Å². The molecule has 1 aliphatic carbocycles. The first kappa shape index (κ1) is 14.6. The Hall–Kier alpha value is -1.95. The Morgan fingerprint density at radius 2 is 2.13 bits per heavy atom. The van der Waals surface area contributed by atoms with E-state index in [1.54, 1.807) is 16.9 Å². The van der Waals surface area contributed by atoms with Crippen molar-refractivity contribution in [1.82, 2.24) is 19.8 Å². The second-order valence-corrected chi connectivity index (χ2v) is 6.81. The molecule has 0 N–H and O–H groups in total. The third kappa shape index (κ3) is 2.95. The van der Waals surface area contributed by atoms with Crippen molar-refractivity contribution in [2.45, 2.75) is 45.7 Å². The molecule has 1 saturated heterocycles. The van der Waals surface area contributed by atoms with Crippen LogP contribution in [0.5, 0.6) is 0 Å². The highest BCUT2D eigenvalue weighted by molar-refractivity contribution is 5.20. The van der Waals surface area contributed by atoms with Gasteiger partial charge in [-0.1, -0.05) is 5.16 Å². The topological polar surface area (TPSA) is 64.2 Å². The largest absolute Gasteiger partial charge is 0.361 e. The van der Waals surface area contributed by atoms with Crippen LogP contribution < -0.4 is 5.56 Å². The number of nitrogens with zero attached hydrogens (tertiary/aromatic N) is 4. The van der Waals surface area contributed by atoms with Crippen LogP contribution in [0.1, 0.15) is 35.4 Å². The van der Waals surface area contributed by atoms with Crippen molar-refractivity contribution >= 4 is 0 Å². The summed E-state index contributed by atoms with van der Waals surface area (Å²) in [5.74, 6) is 1.39. The molecule has 4 rings (SSSR count). The molecule has 2 aromatic heterocycles. The molecule has 0 aromatic carbocycles. The van der Waals surface area contributed by atoms with Crippen molar-refractivity contribution in [2.24, 2.45) is 5.92 Å². The van der Waals surface area contributed by atoms with E-state index in [2.05, 4.69) is 15.2 Å². The second kappa shape index (κ2) is 5.92. The first-order valence-electron chi connectivity index (χ1n) is 8.41. The van der Waals surface area contributed by atoms with Gasteiger partial charge in [0.15, 0.2) is 0 Å². The zero-order valence-corrected chi connectivity index (χ0v) is 13.5. The number of hydrogen-bond donors (Lipinski definition) is 0. The first-order chi connectivity index (χ1) is 11.2. The summed E-state index contributed by atoms with van der Waals surface area (Å²) in [5, 5.41) is 8.43. The van der Waals surface area contributed by atoms with Crippen LogP contribution in [-0.2, 0) is 25.9 Å². The maximum absolute atomic E-state index is 12.2. The van der Waals surface area contributed by atoms with Gasteiger partial charge < -0.3 is 4.52 Å². The molecular weight excluding hydrogens is 292 g/mol. The highest BCUT2D eigenvalue weighted by Gasteiger charge is 2.28. The lowest BCUT2D eigenvalue weighted by Crippen LogP contribution is -2.49. The molecule has 1 aliphatic heterocycles. The molecule has 0 bridgehead atoms. The van der Waals surface area contributed by atoms with Gasteiger partial charge in [0.1, 0.15) is 5.76 Å². The zero-order valence-electron chi connectivity index (χ0n) is 13.5. The van der Waals surface area contributed by atoms with E-state index in [0.717, 1.165) is 61.6 Å². The predicted octanol–water partition coefficient (Wildman–Crippen LogP) is 1.55. The number of rotatable bonds is 4. The van der Waals surface area contributed by atoms with Crippen LogP contribution in [0, 0.1) is 12.8 Å². The summed E-state index contributed by atoms with van der Waals surface area (Å²) in [5.41, 5.74) is 3.49. The minimum atomic E-state index is 0.0546. The van der Waals surface area contributed by atoms with E-state index in [0.29, 0.717) is 5.92 Å². The molecule has 1 fully saturated rings. The van der Waals surface area contributed by atoms with Crippen LogP contribution in [0.25, 0.3) is 0 Å². The first-order valence-corrected chi connectivity index (χ1v) is 8.41. The van der Waals surface area contributed by atoms with Crippen molar-refractivity contribution in [3.8, 4) is 0 Å². The third-order valence-corrected chi connectivity index (χ3v) is 4.98. The van der Waals surface area contributed by atoms with Gasteiger partial charge in [-0.3, -0.25) is 9.69 Å². The Balaban J connectivity index is 1.37. The molecular formula is C17H22N4O2. The van der Waals surface area contributed by atoms with Crippen molar-refractivity contribution in [2.75, 3.05) is 13.1 Å². The molecule has 0 atom stereocenters. The van der Waals surface area contributed by atoms with Gasteiger partial charge in [-0.2, -0.15) is 5.10 Å². The Morgan fingerprint density at radius 3 is 2.91 bits per heavy atom. The molecule has 2 aliphatic rings. The van der Waals surface area contributed by atoms with Gasteiger partial charge in [0, 0.05) is 37.2 Å². The SMILES string of the molecule is Cc1oncc1CN1CC(Cn2nc3c(cc2=O)CCCC3)C1. The summed E-state index contributed by atoms with van der Waals surface area (Å²) in [7, 11) is 0. The molecule has 6 heteroatoms. The number of aromatic nitrogens is 3. The fourth-order valence-electron chi connectivity index (χ4n) is 3.61. The molecule has 122 valence electrons. The lowest BCUT2D eigenvalue weighted by atomic mass is 9.96. The third-order valence-electron chi connectivity index (χ3n) is 4.98. The minimum absolute atomic E-state index is 0.0546. The Kier molecular flexibility index (Phi) is 3.77. The summed E-state index contributed by atoms with van der Waals surface area (Å²) in [6.07, 6.45) is 6.18. The molecule has 3 heterocycles. The lowest BCUT2D eigenvalue weighted by Gasteiger charge is -2.39. The van der Waals surface area contributed by atoms with Crippen LogP contribution >= 0.6 is 0 Å². The van der Waals surface area contributed by atoms with Gasteiger partial charge in [-0.05, 0) is 38.2 Å². The van der Waals surface area contributed by atoms with Gasteiger partial charge in [-0.25, -0.2) is 4.68 Å². The highest BCUT2D eigenvalue weighted by Crippen LogP contribution is 2.22. The predicted molar refractivity (Wildman–Crippen MR) is 85.1 cm³/mol. The quantitative estimate of drug-likeness (QED) is 0.857. The van der Waals surface area contributed by atoms with Crippen molar-refractivity contribution < 1.29 is 4.52 Å². The molecule has 0 amide bonds. The van der Waals surface area contributed by atoms with Gasteiger partial charge >= 0.3 is 0 Å². The number of fused-ring (bicyclic) bond motifs is 1. The fraction of sp³-hybridized carbons (Fsp3) is 0.588. The standard InChI is InChI=1S/C17H22N4O2/c1-12-15(7-18-23-12)11-20-8-13(9-20)10-21-17(22)6-14-4-2-3-5-16(14)19-21/h6-7,13H,2-5,8-11H2,1H3. The number of hydrogen-bond acceptors (Lipinski definition) is 5. The molecule has 0 unspecified atom stereocenters. The molecule has 0 saturated carbocycles. The molecule has 23 heavy (non-hydrogen) atoms. The van der Waals surface area contributed by atoms with E-state index in [9.17, 15) is 4.79 Å². The summed E-state index contributed by atoms with van der Waals surface area (Å²) in [6.45, 7) is 5.53. The fourth-order valence-corrected chi connectivity index (χ4v) is 3.61. The second-order valence-electron chi connectivity index (χ2n) is 6.81. The van der Waals surface area contributed by atoms with Gasteiger partial charge in [0.25, 0.3) is 5.56 Å².